The van der Waals surface area contributed by atoms with E-state index in [1.165, 1.54) is 13.0 Å². The maximum atomic E-state index is 10.8. The van der Waals surface area contributed by atoms with Crippen molar-refractivity contribution in [2.24, 2.45) is 0 Å². The molecule has 0 aliphatic rings. The van der Waals surface area contributed by atoms with Gasteiger partial charge in [0.05, 0.1) is 6.54 Å². The van der Waals surface area contributed by atoms with Crippen LogP contribution in [0.4, 0.5) is 0 Å². The summed E-state index contributed by atoms with van der Waals surface area (Å²) < 4.78 is 5.71. The summed E-state index contributed by atoms with van der Waals surface area (Å²) in [4.78, 5) is 10.8. The van der Waals surface area contributed by atoms with Gasteiger partial charge in [0.15, 0.2) is 5.76 Å². The third kappa shape index (κ3) is 1.19. The third-order valence-corrected chi connectivity index (χ3v) is 1.34. The summed E-state index contributed by atoms with van der Waals surface area (Å²) in [6.45, 7) is 5.22. The van der Waals surface area contributed by atoms with Crippen LogP contribution in [0.3, 0.4) is 0 Å². The van der Waals surface area contributed by atoms with Crippen LogP contribution in [0, 0.1) is 6.92 Å². The molecule has 1 aromatic heterocycles. The number of hydrogen-bond acceptors (Lipinski definition) is 3. The molecule has 0 amide bonds. The van der Waals surface area contributed by atoms with Crippen molar-refractivity contribution in [1.82, 2.24) is 4.57 Å². The van der Waals surface area contributed by atoms with E-state index in [1.807, 2.05) is 0 Å². The number of aromatic hydroxyl groups is 1. The second-order valence-corrected chi connectivity index (χ2v) is 2.15. The van der Waals surface area contributed by atoms with E-state index in [2.05, 4.69) is 11.0 Å². The number of nitrogens with zero attached hydrogens (tertiary/aromatic N) is 1. The molecule has 0 bridgehead atoms. The molecule has 0 radical (unpaired) electrons. The highest BCUT2D eigenvalue weighted by Gasteiger charge is 2.09. The number of rotatable bonds is 2. The van der Waals surface area contributed by atoms with E-state index >= 15 is 0 Å². The van der Waals surface area contributed by atoms with Crippen LogP contribution in [-0.2, 0) is 6.54 Å². The maximum absolute atomic E-state index is 10.8. The van der Waals surface area contributed by atoms with Gasteiger partial charge in [-0.1, -0.05) is 6.08 Å². The molecular formula is C7H9NO3. The van der Waals surface area contributed by atoms with Crippen LogP contribution >= 0.6 is 0 Å². The average molecular weight is 155 g/mol. The minimum absolute atomic E-state index is 0.130. The first-order valence-corrected chi connectivity index (χ1v) is 3.17. The van der Waals surface area contributed by atoms with Crippen LogP contribution in [0.25, 0.3) is 0 Å². The zero-order valence-electron chi connectivity index (χ0n) is 6.20. The predicted molar refractivity (Wildman–Crippen MR) is 39.6 cm³/mol. The highest BCUT2D eigenvalue weighted by atomic mass is 16.4. The summed E-state index contributed by atoms with van der Waals surface area (Å²) in [6, 6.07) is 0. The first-order valence-electron chi connectivity index (χ1n) is 3.17. The van der Waals surface area contributed by atoms with Gasteiger partial charge in [0.2, 0.25) is 5.88 Å². The predicted octanol–water partition coefficient (Wildman–Crippen LogP) is 0.641. The lowest BCUT2D eigenvalue weighted by atomic mass is 10.5. The molecule has 60 valence electrons. The van der Waals surface area contributed by atoms with Gasteiger partial charge in [-0.25, -0.2) is 9.36 Å². The van der Waals surface area contributed by atoms with Crippen LogP contribution in [0.5, 0.6) is 5.88 Å². The Morgan fingerprint density at radius 2 is 2.45 bits per heavy atom. The van der Waals surface area contributed by atoms with Gasteiger partial charge >= 0.3 is 5.76 Å². The summed E-state index contributed by atoms with van der Waals surface area (Å²) in [7, 11) is 0. The van der Waals surface area contributed by atoms with Gasteiger partial charge in [0.1, 0.15) is 0 Å². The Hall–Kier alpha value is -1.45. The summed E-state index contributed by atoms with van der Waals surface area (Å²) in [5.41, 5.74) is 0. The van der Waals surface area contributed by atoms with E-state index < -0.39 is 5.76 Å². The zero-order chi connectivity index (χ0) is 8.43. The number of aryl methyl sites for hydroxylation is 1. The third-order valence-electron chi connectivity index (χ3n) is 1.34. The van der Waals surface area contributed by atoms with Crippen molar-refractivity contribution in [3.05, 3.63) is 29.0 Å². The quantitative estimate of drug-likeness (QED) is 0.637. The first-order chi connectivity index (χ1) is 5.16. The number of aromatic nitrogens is 1. The van der Waals surface area contributed by atoms with Gasteiger partial charge in [-0.15, -0.1) is 6.58 Å². The molecule has 11 heavy (non-hydrogen) atoms. The average Bonchev–Trinajstić information content (AvgIpc) is 2.17. The fraction of sp³-hybridized carbons (Fsp3) is 0.286. The van der Waals surface area contributed by atoms with Crippen LogP contribution < -0.4 is 5.76 Å². The lowest BCUT2D eigenvalue weighted by molar-refractivity contribution is 0.418. The number of allylic oxidation sites excluding steroid dienone is 1. The SMILES string of the molecule is C=CCn1c(O)c(C)oc1=O. The summed E-state index contributed by atoms with van der Waals surface area (Å²) in [5, 5.41) is 9.17. The Bertz CT molecular complexity index is 321. The van der Waals surface area contributed by atoms with Crippen molar-refractivity contribution >= 4 is 0 Å². The van der Waals surface area contributed by atoms with Crippen molar-refractivity contribution in [3.63, 3.8) is 0 Å². The first kappa shape index (κ1) is 7.65. The Balaban J connectivity index is 3.22. The van der Waals surface area contributed by atoms with Crippen LogP contribution in [0.1, 0.15) is 5.76 Å². The highest BCUT2D eigenvalue weighted by Crippen LogP contribution is 2.12. The van der Waals surface area contributed by atoms with Gasteiger partial charge in [-0.2, -0.15) is 0 Å². The molecule has 1 aromatic rings. The molecule has 4 nitrogen and oxygen atoms in total. The minimum atomic E-state index is -0.556. The molecule has 1 rings (SSSR count). The molecule has 0 unspecified atom stereocenters. The standard InChI is InChI=1S/C7H9NO3/c1-3-4-8-6(9)5(2)11-7(8)10/h3,9H,1,4H2,2H3. The van der Waals surface area contributed by atoms with Gasteiger partial charge < -0.3 is 9.52 Å². The summed E-state index contributed by atoms with van der Waals surface area (Å²) in [5.74, 6) is -0.452. The van der Waals surface area contributed by atoms with E-state index in [0.29, 0.717) is 0 Å². The molecule has 1 N–H and O–H groups in total. The summed E-state index contributed by atoms with van der Waals surface area (Å²) >= 11 is 0. The van der Waals surface area contributed by atoms with E-state index in [9.17, 15) is 9.90 Å². The van der Waals surface area contributed by atoms with E-state index in [1.54, 1.807) is 0 Å². The van der Waals surface area contributed by atoms with Gasteiger partial charge in [-0.3, -0.25) is 0 Å². The fourth-order valence-electron chi connectivity index (χ4n) is 0.798. The van der Waals surface area contributed by atoms with Crippen molar-refractivity contribution in [2.75, 3.05) is 0 Å². The molecule has 1 heterocycles. The van der Waals surface area contributed by atoms with Gasteiger partial charge in [0, 0.05) is 0 Å². The van der Waals surface area contributed by atoms with Crippen LogP contribution in [0.15, 0.2) is 21.9 Å². The Labute approximate surface area is 63.4 Å². The molecular weight excluding hydrogens is 146 g/mol. The smallest absolute Gasteiger partial charge is 0.422 e. The summed E-state index contributed by atoms with van der Waals surface area (Å²) in [6.07, 6.45) is 1.51. The molecule has 0 spiro atoms. The molecule has 0 atom stereocenters. The van der Waals surface area contributed by atoms with E-state index in [0.717, 1.165) is 4.57 Å². The lowest BCUT2D eigenvalue weighted by Crippen LogP contribution is -2.12. The van der Waals surface area contributed by atoms with Gasteiger partial charge in [-0.05, 0) is 6.92 Å². The Morgan fingerprint density at radius 3 is 2.82 bits per heavy atom. The molecule has 0 aliphatic carbocycles. The Kier molecular flexibility index (Phi) is 1.85. The topological polar surface area (TPSA) is 55.4 Å². The molecule has 0 saturated carbocycles. The molecule has 4 heteroatoms. The maximum Gasteiger partial charge on any atom is 0.422 e. The van der Waals surface area contributed by atoms with Gasteiger partial charge in [0.25, 0.3) is 0 Å². The van der Waals surface area contributed by atoms with Crippen LogP contribution in [0.2, 0.25) is 0 Å². The second-order valence-electron chi connectivity index (χ2n) is 2.15. The van der Waals surface area contributed by atoms with Crippen molar-refractivity contribution in [3.8, 4) is 5.88 Å². The molecule has 0 aliphatic heterocycles. The van der Waals surface area contributed by atoms with Crippen molar-refractivity contribution < 1.29 is 9.52 Å². The molecule has 0 aromatic carbocycles. The number of hydrogen-bond donors (Lipinski definition) is 1. The van der Waals surface area contributed by atoms with E-state index in [-0.39, 0.29) is 18.2 Å². The Morgan fingerprint density at radius 1 is 1.82 bits per heavy atom. The minimum Gasteiger partial charge on any atom is -0.492 e. The lowest BCUT2D eigenvalue weighted by Gasteiger charge is -1.93. The van der Waals surface area contributed by atoms with Crippen molar-refractivity contribution in [2.45, 2.75) is 13.5 Å². The normalized spacial score (nSPS) is 9.91. The largest absolute Gasteiger partial charge is 0.492 e. The second kappa shape index (κ2) is 2.65. The molecule has 0 fully saturated rings. The van der Waals surface area contributed by atoms with Crippen LogP contribution in [-0.4, -0.2) is 9.67 Å². The fourth-order valence-corrected chi connectivity index (χ4v) is 0.798. The number of oxazole rings is 1. The monoisotopic (exact) mass is 155 g/mol. The van der Waals surface area contributed by atoms with E-state index in [4.69, 9.17) is 0 Å². The molecule has 0 saturated heterocycles. The van der Waals surface area contributed by atoms with Crippen molar-refractivity contribution in [1.29, 1.82) is 0 Å². The zero-order valence-corrected chi connectivity index (χ0v) is 6.20. The highest BCUT2D eigenvalue weighted by molar-refractivity contribution is 5.12.